The quantitative estimate of drug-likeness (QED) is 0.807. The second-order valence-electron chi connectivity index (χ2n) is 4.89. The van der Waals surface area contributed by atoms with E-state index in [-0.39, 0.29) is 11.7 Å². The van der Waals surface area contributed by atoms with E-state index in [1.54, 1.807) is 12.1 Å². The maximum atomic E-state index is 13.4. The van der Waals surface area contributed by atoms with Gasteiger partial charge in [-0.15, -0.1) is 0 Å². The monoisotopic (exact) mass is 247 g/mol. The van der Waals surface area contributed by atoms with E-state index >= 15 is 0 Å². The van der Waals surface area contributed by atoms with Crippen LogP contribution in [0.4, 0.5) is 4.39 Å². The first-order valence-electron chi connectivity index (χ1n) is 6.59. The van der Waals surface area contributed by atoms with E-state index in [2.05, 4.69) is 6.92 Å². The number of halogens is 1. The molecule has 1 aromatic carbocycles. The highest BCUT2D eigenvalue weighted by Crippen LogP contribution is 2.30. The van der Waals surface area contributed by atoms with Gasteiger partial charge >= 0.3 is 0 Å². The first kappa shape index (κ1) is 12.9. The van der Waals surface area contributed by atoms with Crippen LogP contribution >= 0.6 is 0 Å². The molecule has 0 bridgehead atoms. The van der Waals surface area contributed by atoms with Crippen LogP contribution in [0, 0.1) is 23.1 Å². The summed E-state index contributed by atoms with van der Waals surface area (Å²) in [4.78, 5) is 0. The maximum Gasteiger partial charge on any atom is 0.144 e. The number of nitrogens with zero attached hydrogens (tertiary/aromatic N) is 1. The van der Waals surface area contributed by atoms with Crippen LogP contribution in [-0.2, 0) is 0 Å². The average Bonchev–Trinajstić information content (AvgIpc) is 2.40. The normalized spacial score (nSPS) is 23.4. The van der Waals surface area contributed by atoms with E-state index in [4.69, 9.17) is 10.00 Å². The summed E-state index contributed by atoms with van der Waals surface area (Å²) in [5.74, 6) is 0.683. The Bertz CT molecular complexity index is 444. The van der Waals surface area contributed by atoms with Crippen LogP contribution in [0.3, 0.4) is 0 Å². The predicted molar refractivity (Wildman–Crippen MR) is 67.8 cm³/mol. The maximum absolute atomic E-state index is 13.4. The average molecular weight is 247 g/mol. The van der Waals surface area contributed by atoms with Crippen LogP contribution in [0.1, 0.15) is 44.6 Å². The van der Waals surface area contributed by atoms with E-state index in [1.807, 2.05) is 6.07 Å². The molecule has 1 aliphatic carbocycles. The Labute approximate surface area is 107 Å². The van der Waals surface area contributed by atoms with E-state index in [0.717, 1.165) is 18.8 Å². The Morgan fingerprint density at radius 1 is 1.33 bits per heavy atom. The third kappa shape index (κ3) is 2.81. The summed E-state index contributed by atoms with van der Waals surface area (Å²) >= 11 is 0. The minimum atomic E-state index is -0.503. The molecule has 0 N–H and O–H groups in total. The molecule has 2 nitrogen and oxygen atoms in total. The first-order valence-corrected chi connectivity index (χ1v) is 6.59. The number of rotatable bonds is 3. The number of nitriles is 1. The van der Waals surface area contributed by atoms with Crippen molar-refractivity contribution in [3.63, 3.8) is 0 Å². The zero-order chi connectivity index (χ0) is 13.0. The van der Waals surface area contributed by atoms with Crippen molar-refractivity contribution in [3.05, 3.63) is 29.6 Å². The molecular weight excluding hydrogens is 229 g/mol. The SMILES string of the molecule is CCC1CCC(Oc2cccc(F)c2C#N)CC1. The van der Waals surface area contributed by atoms with Crippen LogP contribution in [0.15, 0.2) is 18.2 Å². The van der Waals surface area contributed by atoms with Gasteiger partial charge in [-0.25, -0.2) is 4.39 Å². The predicted octanol–water partition coefficient (Wildman–Crippen LogP) is 4.04. The summed E-state index contributed by atoms with van der Waals surface area (Å²) in [6, 6.07) is 6.43. The van der Waals surface area contributed by atoms with E-state index < -0.39 is 5.82 Å². The smallest absolute Gasteiger partial charge is 0.144 e. The summed E-state index contributed by atoms with van der Waals surface area (Å²) in [7, 11) is 0. The Balaban J connectivity index is 2.03. The zero-order valence-electron chi connectivity index (χ0n) is 10.7. The summed E-state index contributed by atoms with van der Waals surface area (Å²) in [5, 5.41) is 8.94. The number of ether oxygens (including phenoxy) is 1. The summed E-state index contributed by atoms with van der Waals surface area (Å²) in [6.45, 7) is 2.21. The van der Waals surface area contributed by atoms with Crippen molar-refractivity contribution in [2.45, 2.75) is 45.1 Å². The number of hydrogen-bond acceptors (Lipinski definition) is 2. The molecule has 18 heavy (non-hydrogen) atoms. The highest BCUT2D eigenvalue weighted by Gasteiger charge is 2.22. The summed E-state index contributed by atoms with van der Waals surface area (Å²) in [5.41, 5.74) is 0.0233. The molecule has 0 amide bonds. The third-order valence-electron chi connectivity index (χ3n) is 3.75. The van der Waals surface area contributed by atoms with Gasteiger partial charge in [0.15, 0.2) is 0 Å². The fourth-order valence-corrected chi connectivity index (χ4v) is 2.55. The lowest BCUT2D eigenvalue weighted by atomic mass is 9.86. The summed E-state index contributed by atoms with van der Waals surface area (Å²) in [6.07, 6.45) is 5.67. The molecule has 0 aliphatic heterocycles. The largest absolute Gasteiger partial charge is 0.489 e. The van der Waals surface area contributed by atoms with Crippen molar-refractivity contribution < 1.29 is 9.13 Å². The lowest BCUT2D eigenvalue weighted by Crippen LogP contribution is -2.24. The molecule has 0 saturated heterocycles. The van der Waals surface area contributed by atoms with Gasteiger partial charge in [-0.05, 0) is 43.7 Å². The van der Waals surface area contributed by atoms with Crippen LogP contribution < -0.4 is 4.74 Å². The van der Waals surface area contributed by atoms with Gasteiger partial charge in [0, 0.05) is 0 Å². The Morgan fingerprint density at radius 2 is 2.06 bits per heavy atom. The van der Waals surface area contributed by atoms with E-state index in [0.29, 0.717) is 5.75 Å². The van der Waals surface area contributed by atoms with Gasteiger partial charge < -0.3 is 4.74 Å². The fourth-order valence-electron chi connectivity index (χ4n) is 2.55. The van der Waals surface area contributed by atoms with Crippen molar-refractivity contribution in [3.8, 4) is 11.8 Å². The van der Waals surface area contributed by atoms with Gasteiger partial charge in [0.25, 0.3) is 0 Å². The molecule has 0 heterocycles. The van der Waals surface area contributed by atoms with Gasteiger partial charge in [0.1, 0.15) is 23.2 Å². The van der Waals surface area contributed by atoms with Crippen LogP contribution in [0.25, 0.3) is 0 Å². The molecule has 0 spiro atoms. The molecule has 2 rings (SSSR count). The molecule has 0 atom stereocenters. The second-order valence-corrected chi connectivity index (χ2v) is 4.89. The molecule has 1 saturated carbocycles. The molecule has 1 aliphatic rings. The highest BCUT2D eigenvalue weighted by molar-refractivity contribution is 5.43. The fraction of sp³-hybridized carbons (Fsp3) is 0.533. The van der Waals surface area contributed by atoms with Crippen molar-refractivity contribution in [2.75, 3.05) is 0 Å². The molecule has 1 fully saturated rings. The van der Waals surface area contributed by atoms with Crippen LogP contribution in [0.5, 0.6) is 5.75 Å². The lowest BCUT2D eigenvalue weighted by molar-refractivity contribution is 0.129. The van der Waals surface area contributed by atoms with Gasteiger partial charge in [-0.2, -0.15) is 5.26 Å². The molecule has 3 heteroatoms. The Kier molecular flexibility index (Phi) is 4.19. The molecule has 1 aromatic rings. The third-order valence-corrected chi connectivity index (χ3v) is 3.75. The zero-order valence-corrected chi connectivity index (χ0v) is 10.7. The first-order chi connectivity index (χ1) is 8.74. The van der Waals surface area contributed by atoms with Gasteiger partial charge in [-0.3, -0.25) is 0 Å². The summed E-state index contributed by atoms with van der Waals surface area (Å²) < 4.78 is 19.2. The van der Waals surface area contributed by atoms with Crippen molar-refractivity contribution in [2.24, 2.45) is 5.92 Å². The lowest BCUT2D eigenvalue weighted by Gasteiger charge is -2.28. The molecule has 0 aromatic heterocycles. The van der Waals surface area contributed by atoms with Crippen molar-refractivity contribution >= 4 is 0 Å². The standard InChI is InChI=1S/C15H18FNO/c1-2-11-6-8-12(9-7-11)18-15-5-3-4-14(16)13(15)10-17/h3-5,11-12H,2,6-9H2,1H3. The van der Waals surface area contributed by atoms with Gasteiger partial charge in [-0.1, -0.05) is 19.4 Å². The van der Waals surface area contributed by atoms with Gasteiger partial charge in [0.05, 0.1) is 6.10 Å². The minimum Gasteiger partial charge on any atom is -0.489 e. The molecular formula is C15H18FNO. The van der Waals surface area contributed by atoms with Crippen LogP contribution in [0.2, 0.25) is 0 Å². The highest BCUT2D eigenvalue weighted by atomic mass is 19.1. The topological polar surface area (TPSA) is 33.0 Å². The second kappa shape index (κ2) is 5.86. The number of benzene rings is 1. The van der Waals surface area contributed by atoms with E-state index in [9.17, 15) is 4.39 Å². The minimum absolute atomic E-state index is 0.0233. The Morgan fingerprint density at radius 3 is 2.67 bits per heavy atom. The van der Waals surface area contributed by atoms with Crippen molar-refractivity contribution in [1.29, 1.82) is 5.26 Å². The molecule has 96 valence electrons. The van der Waals surface area contributed by atoms with Crippen LogP contribution in [-0.4, -0.2) is 6.10 Å². The number of hydrogen-bond donors (Lipinski definition) is 0. The van der Waals surface area contributed by atoms with Gasteiger partial charge in [0.2, 0.25) is 0 Å². The molecule has 0 unspecified atom stereocenters. The Hall–Kier alpha value is -1.56. The van der Waals surface area contributed by atoms with Crippen molar-refractivity contribution in [1.82, 2.24) is 0 Å². The molecule has 0 radical (unpaired) electrons. The van der Waals surface area contributed by atoms with E-state index in [1.165, 1.54) is 25.3 Å².